The zero-order chi connectivity index (χ0) is 28.4. The maximum Gasteiger partial charge on any atom is 0.262 e. The Morgan fingerprint density at radius 3 is 2.27 bits per heavy atom. The van der Waals surface area contributed by atoms with E-state index in [2.05, 4.69) is 15.6 Å². The Morgan fingerprint density at radius 1 is 0.854 bits per heavy atom. The first-order chi connectivity index (χ1) is 20.1. The van der Waals surface area contributed by atoms with Gasteiger partial charge >= 0.3 is 0 Å². The Morgan fingerprint density at radius 2 is 1.54 bits per heavy atom. The van der Waals surface area contributed by atoms with E-state index in [0.29, 0.717) is 16.6 Å². The van der Waals surface area contributed by atoms with Crippen LogP contribution in [0, 0.1) is 0 Å². The van der Waals surface area contributed by atoms with Gasteiger partial charge in [-0.2, -0.15) is 0 Å². The van der Waals surface area contributed by atoms with E-state index < -0.39 is 5.25 Å². The summed E-state index contributed by atoms with van der Waals surface area (Å²) >= 11 is 2.78. The number of aromatic nitrogens is 1. The quantitative estimate of drug-likeness (QED) is 0.159. The summed E-state index contributed by atoms with van der Waals surface area (Å²) in [6, 6.07) is 33.8. The monoisotopic (exact) mass is 581 g/mol. The highest BCUT2D eigenvalue weighted by Crippen LogP contribution is 2.38. The molecule has 4 aromatic carbocycles. The molecule has 0 saturated heterocycles. The SMILES string of the molecule is COc1ccccc1-c1csc(NC(=O)C(Sc2ccc(NC(=O)COc3ccccc3)cc2)c2ccccc2)n1. The van der Waals surface area contributed by atoms with Crippen LogP contribution in [0.3, 0.4) is 0 Å². The fraction of sp³-hybridized carbons (Fsp3) is 0.0938. The van der Waals surface area contributed by atoms with Crippen LogP contribution in [0.4, 0.5) is 10.8 Å². The van der Waals surface area contributed by atoms with E-state index in [1.165, 1.54) is 23.1 Å². The number of benzene rings is 4. The molecular formula is C32H27N3O4S2. The van der Waals surface area contributed by atoms with Crippen molar-refractivity contribution in [3.05, 3.63) is 120 Å². The number of thioether (sulfide) groups is 1. The van der Waals surface area contributed by atoms with Gasteiger partial charge in [-0.25, -0.2) is 4.98 Å². The zero-order valence-electron chi connectivity index (χ0n) is 22.2. The molecule has 0 fully saturated rings. The summed E-state index contributed by atoms with van der Waals surface area (Å²) in [5, 5.41) is 7.71. The molecule has 9 heteroatoms. The van der Waals surface area contributed by atoms with Crippen LogP contribution in [0.25, 0.3) is 11.3 Å². The number of carbonyl (C=O) groups excluding carboxylic acids is 2. The van der Waals surface area contributed by atoms with Crippen molar-refractivity contribution in [1.82, 2.24) is 4.98 Å². The van der Waals surface area contributed by atoms with Crippen LogP contribution in [0.2, 0.25) is 0 Å². The van der Waals surface area contributed by atoms with Crippen molar-refractivity contribution in [3.8, 4) is 22.8 Å². The average Bonchev–Trinajstić information content (AvgIpc) is 3.48. The van der Waals surface area contributed by atoms with Gasteiger partial charge in [-0.1, -0.05) is 60.7 Å². The van der Waals surface area contributed by atoms with Crippen molar-refractivity contribution in [3.63, 3.8) is 0 Å². The van der Waals surface area contributed by atoms with Crippen molar-refractivity contribution in [2.24, 2.45) is 0 Å². The van der Waals surface area contributed by atoms with Gasteiger partial charge in [0.05, 0.1) is 12.8 Å². The minimum atomic E-state index is -0.519. The Labute approximate surface area is 246 Å². The Kier molecular flexibility index (Phi) is 9.30. The van der Waals surface area contributed by atoms with Crippen LogP contribution in [0.5, 0.6) is 11.5 Å². The van der Waals surface area contributed by atoms with Crippen molar-refractivity contribution < 1.29 is 19.1 Å². The molecule has 0 spiro atoms. The Bertz CT molecular complexity index is 1590. The van der Waals surface area contributed by atoms with Crippen LogP contribution in [-0.2, 0) is 9.59 Å². The van der Waals surface area contributed by atoms with Gasteiger partial charge in [-0.15, -0.1) is 23.1 Å². The van der Waals surface area contributed by atoms with Gasteiger partial charge in [0.1, 0.15) is 16.7 Å². The van der Waals surface area contributed by atoms with E-state index in [4.69, 9.17) is 9.47 Å². The maximum atomic E-state index is 13.5. The van der Waals surface area contributed by atoms with Gasteiger partial charge < -0.3 is 20.1 Å². The number of carbonyl (C=O) groups is 2. The molecule has 1 unspecified atom stereocenters. The summed E-state index contributed by atoms with van der Waals surface area (Å²) < 4.78 is 11.0. The summed E-state index contributed by atoms with van der Waals surface area (Å²) in [5.74, 6) is 0.912. The topological polar surface area (TPSA) is 89.6 Å². The van der Waals surface area contributed by atoms with Crippen molar-refractivity contribution in [2.75, 3.05) is 24.4 Å². The van der Waals surface area contributed by atoms with Gasteiger partial charge in [-0.3, -0.25) is 9.59 Å². The van der Waals surface area contributed by atoms with Gasteiger partial charge in [0, 0.05) is 21.5 Å². The Balaban J connectivity index is 1.25. The molecule has 41 heavy (non-hydrogen) atoms. The number of methoxy groups -OCH3 is 1. The molecule has 5 rings (SSSR count). The van der Waals surface area contributed by atoms with Crippen molar-refractivity contribution in [2.45, 2.75) is 10.1 Å². The normalized spacial score (nSPS) is 11.3. The van der Waals surface area contributed by atoms with Crippen LogP contribution in [0.15, 0.2) is 119 Å². The summed E-state index contributed by atoms with van der Waals surface area (Å²) in [6.45, 7) is -0.0910. The number of ether oxygens (including phenoxy) is 2. The highest BCUT2D eigenvalue weighted by Gasteiger charge is 2.23. The van der Waals surface area contributed by atoms with Gasteiger partial charge in [0.2, 0.25) is 5.91 Å². The molecule has 2 amide bonds. The number of rotatable bonds is 11. The number of nitrogens with zero attached hydrogens (tertiary/aromatic N) is 1. The van der Waals surface area contributed by atoms with Crippen LogP contribution < -0.4 is 20.1 Å². The van der Waals surface area contributed by atoms with E-state index in [1.54, 1.807) is 19.2 Å². The summed E-state index contributed by atoms with van der Waals surface area (Å²) in [6.07, 6.45) is 0. The summed E-state index contributed by atoms with van der Waals surface area (Å²) in [4.78, 5) is 31.4. The fourth-order valence-electron chi connectivity index (χ4n) is 4.00. The maximum absolute atomic E-state index is 13.5. The van der Waals surface area contributed by atoms with Gasteiger partial charge in [0.15, 0.2) is 11.7 Å². The van der Waals surface area contributed by atoms with Crippen LogP contribution >= 0.6 is 23.1 Å². The predicted octanol–water partition coefficient (Wildman–Crippen LogP) is 7.31. The molecule has 0 bridgehead atoms. The van der Waals surface area contributed by atoms with Gasteiger partial charge in [-0.05, 0) is 54.1 Å². The molecule has 1 heterocycles. The molecule has 0 saturated carbocycles. The molecule has 2 N–H and O–H groups in total. The molecule has 0 radical (unpaired) electrons. The molecule has 1 atom stereocenters. The smallest absolute Gasteiger partial charge is 0.262 e. The highest BCUT2D eigenvalue weighted by atomic mass is 32.2. The largest absolute Gasteiger partial charge is 0.496 e. The lowest BCUT2D eigenvalue weighted by atomic mass is 10.1. The fourth-order valence-corrected chi connectivity index (χ4v) is 5.74. The lowest BCUT2D eigenvalue weighted by molar-refractivity contribution is -0.118. The first kappa shape index (κ1) is 27.9. The van der Waals surface area contributed by atoms with Gasteiger partial charge in [0.25, 0.3) is 5.91 Å². The Hall–Kier alpha value is -4.60. The lowest BCUT2D eigenvalue weighted by Crippen LogP contribution is -2.20. The third kappa shape index (κ3) is 7.53. The molecular weight excluding hydrogens is 555 g/mol. The third-order valence-electron chi connectivity index (χ3n) is 5.96. The van der Waals surface area contributed by atoms with E-state index in [9.17, 15) is 9.59 Å². The summed E-state index contributed by atoms with van der Waals surface area (Å²) in [7, 11) is 1.62. The number of anilines is 2. The number of nitrogens with one attached hydrogen (secondary N) is 2. The van der Waals surface area contributed by atoms with Crippen molar-refractivity contribution in [1.29, 1.82) is 0 Å². The molecule has 0 aliphatic carbocycles. The molecule has 5 aromatic rings. The molecule has 0 aliphatic rings. The number of amides is 2. The number of hydrogen-bond donors (Lipinski definition) is 2. The van der Waals surface area contributed by atoms with Crippen LogP contribution in [0.1, 0.15) is 10.8 Å². The second-order valence-corrected chi connectivity index (χ2v) is 10.8. The highest BCUT2D eigenvalue weighted by molar-refractivity contribution is 8.00. The molecule has 7 nitrogen and oxygen atoms in total. The first-order valence-electron chi connectivity index (χ1n) is 12.8. The molecule has 0 aliphatic heterocycles. The first-order valence-corrected chi connectivity index (χ1v) is 14.5. The van der Waals surface area contributed by atoms with Crippen molar-refractivity contribution >= 4 is 45.7 Å². The number of para-hydroxylation sites is 2. The zero-order valence-corrected chi connectivity index (χ0v) is 23.8. The summed E-state index contributed by atoms with van der Waals surface area (Å²) in [5.41, 5.74) is 3.10. The standard InChI is InChI=1S/C32H27N3O4S2/c1-38-28-15-9-8-14-26(28)27-21-40-32(34-27)35-31(37)30(22-10-4-2-5-11-22)41-25-18-16-23(17-19-25)33-29(36)20-39-24-12-6-3-7-13-24/h2-19,21,30H,20H2,1H3,(H,33,36)(H,34,35,37). The minimum absolute atomic E-state index is 0.0910. The average molecular weight is 582 g/mol. The van der Waals surface area contributed by atoms with Crippen LogP contribution in [-0.4, -0.2) is 30.5 Å². The third-order valence-corrected chi connectivity index (χ3v) is 7.99. The molecule has 206 valence electrons. The second-order valence-electron chi connectivity index (χ2n) is 8.81. The number of thiazole rings is 1. The van der Waals surface area contributed by atoms with E-state index in [-0.39, 0.29) is 18.4 Å². The second kappa shape index (κ2) is 13.6. The van der Waals surface area contributed by atoms with E-state index in [1.807, 2.05) is 102 Å². The minimum Gasteiger partial charge on any atom is -0.496 e. The van der Waals surface area contributed by atoms with E-state index in [0.717, 1.165) is 27.5 Å². The number of hydrogen-bond acceptors (Lipinski definition) is 7. The molecule has 1 aromatic heterocycles. The lowest BCUT2D eigenvalue weighted by Gasteiger charge is -2.16. The predicted molar refractivity (Wildman–Crippen MR) is 165 cm³/mol. The van der Waals surface area contributed by atoms with E-state index >= 15 is 0 Å².